The molecule has 0 aliphatic carbocycles. The van der Waals surface area contributed by atoms with Gasteiger partial charge in [-0.1, -0.05) is 18.2 Å². The van der Waals surface area contributed by atoms with Crippen molar-refractivity contribution < 1.29 is 14.3 Å². The van der Waals surface area contributed by atoms with Crippen molar-refractivity contribution in [2.45, 2.75) is 12.8 Å². The van der Waals surface area contributed by atoms with Crippen molar-refractivity contribution >= 4 is 5.97 Å². The lowest BCUT2D eigenvalue weighted by Crippen LogP contribution is -2.16. The Morgan fingerprint density at radius 1 is 1.44 bits per heavy atom. The Bertz CT molecular complexity index is 400. The van der Waals surface area contributed by atoms with Crippen molar-refractivity contribution in [1.82, 2.24) is 0 Å². The number of ether oxygens (including phenoxy) is 2. The molecule has 98 valence electrons. The van der Waals surface area contributed by atoms with Crippen LogP contribution in [0.25, 0.3) is 0 Å². The highest BCUT2D eigenvalue weighted by Crippen LogP contribution is 2.15. The fourth-order valence-corrected chi connectivity index (χ4v) is 2.08. The molecule has 2 N–H and O–H groups in total. The Hall–Kier alpha value is -1.39. The SMILES string of the molecule is NCCc1ccccc1C(=O)OCC1CCOC1. The monoisotopic (exact) mass is 249 g/mol. The number of nitrogens with two attached hydrogens (primary N) is 1. The molecule has 1 aliphatic heterocycles. The molecule has 0 saturated carbocycles. The van der Waals surface area contributed by atoms with Crippen LogP contribution in [0.15, 0.2) is 24.3 Å². The van der Waals surface area contributed by atoms with Gasteiger partial charge in [-0.15, -0.1) is 0 Å². The van der Waals surface area contributed by atoms with Crippen molar-refractivity contribution in [3.63, 3.8) is 0 Å². The zero-order valence-electron chi connectivity index (χ0n) is 10.4. The average Bonchev–Trinajstić information content (AvgIpc) is 2.90. The predicted octanol–water partition coefficient (Wildman–Crippen LogP) is 1.38. The summed E-state index contributed by atoms with van der Waals surface area (Å²) in [5.41, 5.74) is 7.11. The summed E-state index contributed by atoms with van der Waals surface area (Å²) in [7, 11) is 0. The molecule has 0 radical (unpaired) electrons. The van der Waals surface area contributed by atoms with Crippen LogP contribution in [0.1, 0.15) is 22.3 Å². The number of hydrogen-bond donors (Lipinski definition) is 1. The van der Waals surface area contributed by atoms with Crippen LogP contribution < -0.4 is 5.73 Å². The van der Waals surface area contributed by atoms with Gasteiger partial charge < -0.3 is 15.2 Å². The van der Waals surface area contributed by atoms with Crippen LogP contribution in [0.3, 0.4) is 0 Å². The van der Waals surface area contributed by atoms with E-state index in [1.54, 1.807) is 6.07 Å². The van der Waals surface area contributed by atoms with E-state index in [9.17, 15) is 4.79 Å². The maximum atomic E-state index is 12.0. The number of carbonyl (C=O) groups is 1. The highest BCUT2D eigenvalue weighted by molar-refractivity contribution is 5.91. The summed E-state index contributed by atoms with van der Waals surface area (Å²) < 4.78 is 10.6. The summed E-state index contributed by atoms with van der Waals surface area (Å²) in [4.78, 5) is 12.0. The van der Waals surface area contributed by atoms with Gasteiger partial charge in [-0.3, -0.25) is 0 Å². The minimum absolute atomic E-state index is 0.258. The second kappa shape index (κ2) is 6.52. The van der Waals surface area contributed by atoms with Crippen molar-refractivity contribution in [1.29, 1.82) is 0 Å². The molecule has 0 bridgehead atoms. The molecule has 0 spiro atoms. The van der Waals surface area contributed by atoms with E-state index in [-0.39, 0.29) is 5.97 Å². The van der Waals surface area contributed by atoms with Gasteiger partial charge in [0.2, 0.25) is 0 Å². The van der Waals surface area contributed by atoms with Crippen LogP contribution in [-0.4, -0.2) is 32.3 Å². The van der Waals surface area contributed by atoms with Crippen LogP contribution in [0, 0.1) is 5.92 Å². The highest BCUT2D eigenvalue weighted by atomic mass is 16.5. The van der Waals surface area contributed by atoms with Crippen LogP contribution in [0.5, 0.6) is 0 Å². The molecule has 2 rings (SSSR count). The van der Waals surface area contributed by atoms with E-state index in [1.807, 2.05) is 18.2 Å². The molecular formula is C14H19NO3. The van der Waals surface area contributed by atoms with Gasteiger partial charge in [0, 0.05) is 12.5 Å². The third-order valence-electron chi connectivity index (χ3n) is 3.13. The van der Waals surface area contributed by atoms with Gasteiger partial charge in [0.15, 0.2) is 0 Å². The predicted molar refractivity (Wildman–Crippen MR) is 68.4 cm³/mol. The molecule has 4 heteroatoms. The molecule has 4 nitrogen and oxygen atoms in total. The van der Waals surface area contributed by atoms with Gasteiger partial charge in [-0.25, -0.2) is 4.79 Å². The lowest BCUT2D eigenvalue weighted by Gasteiger charge is -2.11. The molecule has 1 aromatic carbocycles. The molecule has 0 amide bonds. The molecule has 18 heavy (non-hydrogen) atoms. The molecule has 1 atom stereocenters. The summed E-state index contributed by atoms with van der Waals surface area (Å²) in [5, 5.41) is 0. The number of hydrogen-bond acceptors (Lipinski definition) is 4. The molecular weight excluding hydrogens is 230 g/mol. The molecule has 1 aromatic rings. The topological polar surface area (TPSA) is 61.6 Å². The van der Waals surface area contributed by atoms with Crippen molar-refractivity contribution in [3.8, 4) is 0 Å². The largest absolute Gasteiger partial charge is 0.462 e. The first-order chi connectivity index (χ1) is 8.81. The summed E-state index contributed by atoms with van der Waals surface area (Å²) in [5.74, 6) is 0.0848. The van der Waals surface area contributed by atoms with E-state index in [0.717, 1.165) is 18.6 Å². The number of rotatable bonds is 5. The van der Waals surface area contributed by atoms with Crippen molar-refractivity contribution in [3.05, 3.63) is 35.4 Å². The van der Waals surface area contributed by atoms with Gasteiger partial charge in [0.25, 0.3) is 0 Å². The lowest BCUT2D eigenvalue weighted by molar-refractivity contribution is 0.0427. The highest BCUT2D eigenvalue weighted by Gasteiger charge is 2.19. The fraction of sp³-hybridized carbons (Fsp3) is 0.500. The van der Waals surface area contributed by atoms with E-state index in [4.69, 9.17) is 15.2 Å². The molecule has 0 aromatic heterocycles. The van der Waals surface area contributed by atoms with Gasteiger partial charge in [-0.2, -0.15) is 0 Å². The van der Waals surface area contributed by atoms with Crippen molar-refractivity contribution in [2.24, 2.45) is 11.7 Å². The Balaban J connectivity index is 1.94. The minimum Gasteiger partial charge on any atom is -0.462 e. The van der Waals surface area contributed by atoms with Crippen LogP contribution in [0.4, 0.5) is 0 Å². The van der Waals surface area contributed by atoms with Gasteiger partial charge in [-0.05, 0) is 31.0 Å². The van der Waals surface area contributed by atoms with Gasteiger partial charge >= 0.3 is 5.97 Å². The first-order valence-corrected chi connectivity index (χ1v) is 6.34. The third-order valence-corrected chi connectivity index (χ3v) is 3.13. The Morgan fingerprint density at radius 3 is 3.00 bits per heavy atom. The Morgan fingerprint density at radius 2 is 2.28 bits per heavy atom. The van der Waals surface area contributed by atoms with E-state index in [0.29, 0.717) is 37.7 Å². The summed E-state index contributed by atoms with van der Waals surface area (Å²) in [6, 6.07) is 7.46. The van der Waals surface area contributed by atoms with E-state index in [1.165, 1.54) is 0 Å². The second-order valence-electron chi connectivity index (χ2n) is 4.52. The smallest absolute Gasteiger partial charge is 0.338 e. The summed E-state index contributed by atoms with van der Waals surface area (Å²) in [6.07, 6.45) is 1.66. The third kappa shape index (κ3) is 3.31. The van der Waals surface area contributed by atoms with Crippen LogP contribution in [0.2, 0.25) is 0 Å². The molecule has 1 unspecified atom stereocenters. The molecule has 1 fully saturated rings. The first kappa shape index (κ1) is 13.1. The maximum Gasteiger partial charge on any atom is 0.338 e. The number of benzene rings is 1. The van der Waals surface area contributed by atoms with Gasteiger partial charge in [0.1, 0.15) is 0 Å². The fourth-order valence-electron chi connectivity index (χ4n) is 2.08. The molecule has 1 aliphatic rings. The van der Waals surface area contributed by atoms with Crippen molar-refractivity contribution in [2.75, 3.05) is 26.4 Å². The standard InChI is InChI=1S/C14H19NO3/c15-7-5-12-3-1-2-4-13(12)14(16)18-10-11-6-8-17-9-11/h1-4,11H,5-10,15H2. The lowest BCUT2D eigenvalue weighted by atomic mass is 10.0. The first-order valence-electron chi connectivity index (χ1n) is 6.34. The van der Waals surface area contributed by atoms with Gasteiger partial charge in [0.05, 0.1) is 18.8 Å². The summed E-state index contributed by atoms with van der Waals surface area (Å²) >= 11 is 0. The molecule has 1 saturated heterocycles. The molecule has 1 heterocycles. The average molecular weight is 249 g/mol. The normalized spacial score (nSPS) is 18.8. The van der Waals surface area contributed by atoms with Crippen LogP contribution in [-0.2, 0) is 15.9 Å². The number of carbonyl (C=O) groups excluding carboxylic acids is 1. The Kier molecular flexibility index (Phi) is 4.73. The van der Waals surface area contributed by atoms with E-state index < -0.39 is 0 Å². The van der Waals surface area contributed by atoms with E-state index >= 15 is 0 Å². The number of esters is 1. The minimum atomic E-state index is -0.258. The second-order valence-corrected chi connectivity index (χ2v) is 4.52. The summed E-state index contributed by atoms with van der Waals surface area (Å²) in [6.45, 7) is 2.43. The Labute approximate surface area is 107 Å². The maximum absolute atomic E-state index is 12.0. The zero-order valence-corrected chi connectivity index (χ0v) is 10.4. The van der Waals surface area contributed by atoms with Crippen LogP contribution >= 0.6 is 0 Å². The van der Waals surface area contributed by atoms with E-state index in [2.05, 4.69) is 0 Å². The zero-order chi connectivity index (χ0) is 12.8. The quantitative estimate of drug-likeness (QED) is 0.801.